The first-order valence-corrected chi connectivity index (χ1v) is 4.70. The van der Waals surface area contributed by atoms with Crippen molar-refractivity contribution in [3.63, 3.8) is 0 Å². The van der Waals surface area contributed by atoms with Crippen LogP contribution in [-0.2, 0) is 0 Å². The number of hydrogen-bond acceptors (Lipinski definition) is 1. The minimum Gasteiger partial charge on any atom is -0.339 e. The third kappa shape index (κ3) is 2.75. The van der Waals surface area contributed by atoms with Gasteiger partial charge in [-0.2, -0.15) is 0 Å². The molecule has 1 heterocycles. The first-order valence-electron chi connectivity index (χ1n) is 4.70. The predicted octanol–water partition coefficient (Wildman–Crippen LogP) is 2.26. The van der Waals surface area contributed by atoms with Gasteiger partial charge in [0.1, 0.15) is 5.82 Å². The van der Waals surface area contributed by atoms with Crippen molar-refractivity contribution < 1.29 is 13.6 Å². The molecule has 2 rings (SSSR count). The van der Waals surface area contributed by atoms with E-state index in [1.165, 1.54) is 12.1 Å². The van der Waals surface area contributed by atoms with Crippen molar-refractivity contribution >= 4 is 5.91 Å². The third-order valence-electron chi connectivity index (χ3n) is 2.21. The van der Waals surface area contributed by atoms with Gasteiger partial charge in [-0.15, -0.1) is 0 Å². The molecule has 0 aromatic heterocycles. The molecule has 1 aliphatic rings. The second-order valence-electron chi connectivity index (χ2n) is 3.16. The second kappa shape index (κ2) is 5.44. The number of halogens is 2. The summed E-state index contributed by atoms with van der Waals surface area (Å²) in [5, 5.41) is 0. The van der Waals surface area contributed by atoms with Crippen LogP contribution in [0.15, 0.2) is 24.3 Å². The number of nitrogens with zero attached hydrogens (tertiary/aromatic N) is 1. The number of alkyl halides is 1. The lowest BCUT2D eigenvalue weighted by molar-refractivity contribution is 0.0651. The normalized spacial score (nSPS) is 13.7. The summed E-state index contributed by atoms with van der Waals surface area (Å²) in [5.74, 6) is -0.419. The first kappa shape index (κ1) is 11.6. The Kier molecular flexibility index (Phi) is 4.21. The van der Waals surface area contributed by atoms with Crippen molar-refractivity contribution in [3.8, 4) is 0 Å². The average Bonchev–Trinajstić information content (AvgIpc) is 2.18. The molecule has 1 aliphatic heterocycles. The van der Waals surface area contributed by atoms with Gasteiger partial charge in [0.2, 0.25) is 0 Å². The van der Waals surface area contributed by atoms with Crippen LogP contribution in [0.5, 0.6) is 0 Å². The molecule has 0 aliphatic carbocycles. The molecule has 1 amide bonds. The Morgan fingerprint density at radius 2 is 2.00 bits per heavy atom. The highest BCUT2D eigenvalue weighted by Crippen LogP contribution is 2.12. The van der Waals surface area contributed by atoms with Crippen molar-refractivity contribution in [1.29, 1.82) is 0 Å². The summed E-state index contributed by atoms with van der Waals surface area (Å²) in [6, 6.07) is 5.82. The minimum atomic E-state index is -0.355. The molecular formula is C11H13F2NO. The topological polar surface area (TPSA) is 20.3 Å². The Morgan fingerprint density at radius 1 is 1.33 bits per heavy atom. The molecule has 0 radical (unpaired) electrons. The molecule has 0 N–H and O–H groups in total. The lowest BCUT2D eigenvalue weighted by atomic mass is 10.1. The predicted molar refractivity (Wildman–Crippen MR) is 54.0 cm³/mol. The second-order valence-corrected chi connectivity index (χ2v) is 3.16. The fourth-order valence-corrected chi connectivity index (χ4v) is 1.32. The Labute approximate surface area is 87.5 Å². The number of rotatable bonds is 1. The van der Waals surface area contributed by atoms with E-state index in [1.807, 2.05) is 0 Å². The molecule has 2 nitrogen and oxygen atoms in total. The van der Waals surface area contributed by atoms with Crippen LogP contribution in [0.2, 0.25) is 0 Å². The van der Waals surface area contributed by atoms with Crippen LogP contribution in [-0.4, -0.2) is 31.1 Å². The largest absolute Gasteiger partial charge is 0.339 e. The molecule has 82 valence electrons. The monoisotopic (exact) mass is 213 g/mol. The van der Waals surface area contributed by atoms with Gasteiger partial charge < -0.3 is 4.90 Å². The van der Waals surface area contributed by atoms with Gasteiger partial charge in [0.15, 0.2) is 0 Å². The quantitative estimate of drug-likeness (QED) is 0.700. The SMILES string of the molecule is CF.O=C(c1cccc(F)c1)N1CCC1. The summed E-state index contributed by atoms with van der Waals surface area (Å²) in [4.78, 5) is 13.3. The van der Waals surface area contributed by atoms with E-state index in [1.54, 1.807) is 17.0 Å². The summed E-state index contributed by atoms with van der Waals surface area (Å²) in [6.07, 6.45) is 1.06. The standard InChI is InChI=1S/C10H10FNO.CH3F/c11-9-4-1-3-8(7-9)10(13)12-5-2-6-12;1-2/h1,3-4,7H,2,5-6H2;1H3. The summed E-state index contributed by atoms with van der Waals surface area (Å²) in [5.41, 5.74) is 0.444. The van der Waals surface area contributed by atoms with Crippen molar-refractivity contribution in [2.75, 3.05) is 20.3 Å². The highest BCUT2D eigenvalue weighted by atomic mass is 19.1. The van der Waals surface area contributed by atoms with Crippen LogP contribution in [0.3, 0.4) is 0 Å². The molecule has 0 spiro atoms. The molecule has 1 saturated heterocycles. The molecule has 4 heteroatoms. The first-order chi connectivity index (χ1) is 7.27. The zero-order valence-corrected chi connectivity index (χ0v) is 8.54. The fraction of sp³-hybridized carbons (Fsp3) is 0.364. The van der Waals surface area contributed by atoms with Gasteiger partial charge in [-0.1, -0.05) is 6.07 Å². The van der Waals surface area contributed by atoms with Gasteiger partial charge in [0.25, 0.3) is 5.91 Å². The summed E-state index contributed by atoms with van der Waals surface area (Å²) in [6.45, 7) is 1.60. The molecule has 1 fully saturated rings. The van der Waals surface area contributed by atoms with Crippen LogP contribution in [0.4, 0.5) is 8.78 Å². The maximum Gasteiger partial charge on any atom is 0.253 e. The highest BCUT2D eigenvalue weighted by molar-refractivity contribution is 5.94. The van der Waals surface area contributed by atoms with Crippen molar-refractivity contribution in [2.45, 2.75) is 6.42 Å². The molecule has 15 heavy (non-hydrogen) atoms. The number of likely N-dealkylation sites (tertiary alicyclic amines) is 1. The van der Waals surface area contributed by atoms with Crippen molar-refractivity contribution in [3.05, 3.63) is 35.6 Å². The van der Waals surface area contributed by atoms with Gasteiger partial charge in [0, 0.05) is 18.7 Å². The van der Waals surface area contributed by atoms with E-state index in [0.29, 0.717) is 12.7 Å². The summed E-state index contributed by atoms with van der Waals surface area (Å²) in [7, 11) is 0.500. The number of amides is 1. The Morgan fingerprint density at radius 3 is 2.47 bits per heavy atom. The van der Waals surface area contributed by atoms with Crippen LogP contribution >= 0.6 is 0 Å². The van der Waals surface area contributed by atoms with E-state index >= 15 is 0 Å². The molecule has 1 aromatic rings. The van der Waals surface area contributed by atoms with Gasteiger partial charge in [0.05, 0.1) is 7.18 Å². The minimum absolute atomic E-state index is 0.0641. The summed E-state index contributed by atoms with van der Waals surface area (Å²) >= 11 is 0. The van der Waals surface area contributed by atoms with E-state index in [-0.39, 0.29) is 11.7 Å². The highest BCUT2D eigenvalue weighted by Gasteiger charge is 2.21. The molecule has 0 saturated carbocycles. The van der Waals surface area contributed by atoms with E-state index in [2.05, 4.69) is 0 Å². The molecule has 0 bridgehead atoms. The van der Waals surface area contributed by atoms with Gasteiger partial charge >= 0.3 is 0 Å². The van der Waals surface area contributed by atoms with Crippen molar-refractivity contribution in [1.82, 2.24) is 4.90 Å². The zero-order chi connectivity index (χ0) is 11.3. The molecular weight excluding hydrogens is 200 g/mol. The molecule has 0 atom stereocenters. The number of hydrogen-bond donors (Lipinski definition) is 0. The van der Waals surface area contributed by atoms with E-state index in [0.717, 1.165) is 19.5 Å². The molecule has 1 aromatic carbocycles. The fourth-order valence-electron chi connectivity index (χ4n) is 1.32. The van der Waals surface area contributed by atoms with Gasteiger partial charge in [-0.3, -0.25) is 9.18 Å². The lowest BCUT2D eigenvalue weighted by Crippen LogP contribution is -2.42. The smallest absolute Gasteiger partial charge is 0.253 e. The van der Waals surface area contributed by atoms with Gasteiger partial charge in [-0.05, 0) is 24.6 Å². The Bertz CT molecular complexity index is 337. The number of carbonyl (C=O) groups excluding carboxylic acids is 1. The number of carbonyl (C=O) groups is 1. The van der Waals surface area contributed by atoms with Crippen LogP contribution in [0.1, 0.15) is 16.8 Å². The molecule has 0 unspecified atom stereocenters. The third-order valence-corrected chi connectivity index (χ3v) is 2.21. The van der Waals surface area contributed by atoms with E-state index < -0.39 is 0 Å². The maximum atomic E-state index is 12.7. The maximum absolute atomic E-state index is 12.7. The zero-order valence-electron chi connectivity index (χ0n) is 8.54. The van der Waals surface area contributed by atoms with Crippen LogP contribution in [0.25, 0.3) is 0 Å². The van der Waals surface area contributed by atoms with E-state index in [9.17, 15) is 13.6 Å². The Hall–Kier alpha value is -1.45. The van der Waals surface area contributed by atoms with Crippen molar-refractivity contribution in [2.24, 2.45) is 0 Å². The van der Waals surface area contributed by atoms with Crippen LogP contribution in [0, 0.1) is 5.82 Å². The van der Waals surface area contributed by atoms with Gasteiger partial charge in [-0.25, -0.2) is 4.39 Å². The number of benzene rings is 1. The summed E-state index contributed by atoms with van der Waals surface area (Å²) < 4.78 is 22.2. The lowest BCUT2D eigenvalue weighted by Gasteiger charge is -2.30. The van der Waals surface area contributed by atoms with E-state index in [4.69, 9.17) is 0 Å². The Balaban J connectivity index is 0.000000531. The average molecular weight is 213 g/mol. The van der Waals surface area contributed by atoms with Crippen LogP contribution < -0.4 is 0 Å².